The maximum atomic E-state index is 3.70. The molecular weight excluding hydrogens is 232 g/mol. The van der Waals surface area contributed by atoms with Crippen LogP contribution in [0.1, 0.15) is 37.3 Å². The fourth-order valence-electron chi connectivity index (χ4n) is 3.02. The molecule has 2 aliphatic carbocycles. The quantitative estimate of drug-likeness (QED) is 0.819. The van der Waals surface area contributed by atoms with Crippen molar-refractivity contribution in [3.63, 3.8) is 0 Å². The van der Waals surface area contributed by atoms with Gasteiger partial charge in [-0.3, -0.25) is 0 Å². The Bertz CT molecular complexity index is 411. The van der Waals surface area contributed by atoms with Crippen molar-refractivity contribution in [2.45, 2.75) is 51.1 Å². The molecule has 3 rings (SSSR count). The maximum Gasteiger partial charge on any atom is 0.0164 e. The van der Waals surface area contributed by atoms with E-state index < -0.39 is 0 Å². The lowest BCUT2D eigenvalue weighted by atomic mass is 9.84. The Hall–Kier alpha value is -0.860. The molecule has 0 radical (unpaired) electrons. The van der Waals surface area contributed by atoms with E-state index in [-0.39, 0.29) is 0 Å². The molecule has 0 amide bonds. The van der Waals surface area contributed by atoms with Gasteiger partial charge in [0.25, 0.3) is 0 Å². The minimum Gasteiger partial charge on any atom is -0.313 e. The van der Waals surface area contributed by atoms with Crippen LogP contribution < -0.4 is 10.6 Å². The van der Waals surface area contributed by atoms with Gasteiger partial charge in [0.15, 0.2) is 0 Å². The van der Waals surface area contributed by atoms with E-state index in [0.29, 0.717) is 6.04 Å². The van der Waals surface area contributed by atoms with Gasteiger partial charge in [0, 0.05) is 18.6 Å². The van der Waals surface area contributed by atoms with Crippen LogP contribution in [0.2, 0.25) is 0 Å². The minimum absolute atomic E-state index is 0.595. The third-order valence-corrected chi connectivity index (χ3v) is 4.49. The number of hydrogen-bond donors (Lipinski definition) is 2. The van der Waals surface area contributed by atoms with Gasteiger partial charge in [-0.1, -0.05) is 24.3 Å². The first-order valence-corrected chi connectivity index (χ1v) is 7.85. The summed E-state index contributed by atoms with van der Waals surface area (Å²) in [5.74, 6) is 0.818. The highest BCUT2D eigenvalue weighted by molar-refractivity contribution is 5.29. The second kappa shape index (κ2) is 6.06. The van der Waals surface area contributed by atoms with Crippen molar-refractivity contribution in [2.75, 3.05) is 13.1 Å². The van der Waals surface area contributed by atoms with E-state index in [9.17, 15) is 0 Å². The van der Waals surface area contributed by atoms with Gasteiger partial charge in [0.05, 0.1) is 0 Å². The van der Waals surface area contributed by atoms with Crippen LogP contribution in [0, 0.1) is 5.92 Å². The van der Waals surface area contributed by atoms with Crippen LogP contribution in [-0.4, -0.2) is 25.2 Å². The molecule has 2 atom stereocenters. The van der Waals surface area contributed by atoms with E-state index in [1.165, 1.54) is 38.6 Å². The minimum atomic E-state index is 0.595. The van der Waals surface area contributed by atoms with Gasteiger partial charge in [-0.05, 0) is 62.6 Å². The number of rotatable bonds is 6. The average Bonchev–Trinajstić information content (AvgIpc) is 3.27. The van der Waals surface area contributed by atoms with Crippen LogP contribution in [-0.2, 0) is 12.8 Å². The molecule has 0 spiro atoms. The summed E-state index contributed by atoms with van der Waals surface area (Å²) in [6.45, 7) is 4.59. The molecule has 2 nitrogen and oxygen atoms in total. The largest absolute Gasteiger partial charge is 0.313 e. The molecule has 2 heteroatoms. The third-order valence-electron chi connectivity index (χ3n) is 4.49. The first kappa shape index (κ1) is 13.1. The van der Waals surface area contributed by atoms with Crippen LogP contribution in [0.5, 0.6) is 0 Å². The monoisotopic (exact) mass is 258 g/mol. The van der Waals surface area contributed by atoms with E-state index in [4.69, 9.17) is 0 Å². The number of fused-ring (bicyclic) bond motifs is 1. The molecule has 0 aliphatic heterocycles. The summed E-state index contributed by atoms with van der Waals surface area (Å²) in [7, 11) is 0. The van der Waals surface area contributed by atoms with E-state index >= 15 is 0 Å². The molecule has 0 bridgehead atoms. The average molecular weight is 258 g/mol. The van der Waals surface area contributed by atoms with Gasteiger partial charge in [-0.15, -0.1) is 0 Å². The second-order valence-corrected chi connectivity index (χ2v) is 6.37. The lowest BCUT2D eigenvalue weighted by Gasteiger charge is -2.26. The Morgan fingerprint density at radius 2 is 1.95 bits per heavy atom. The maximum absolute atomic E-state index is 3.70. The summed E-state index contributed by atoms with van der Waals surface area (Å²) in [5.41, 5.74) is 3.14. The lowest BCUT2D eigenvalue weighted by Crippen LogP contribution is -2.40. The SMILES string of the molecule is CC(CNC1CC1)NCC1CCc2ccccc2C1. The van der Waals surface area contributed by atoms with Crippen LogP contribution in [0.4, 0.5) is 0 Å². The summed E-state index contributed by atoms with van der Waals surface area (Å²) < 4.78 is 0. The first-order valence-electron chi connectivity index (χ1n) is 7.85. The molecule has 1 fully saturated rings. The smallest absolute Gasteiger partial charge is 0.0164 e. The Labute approximate surface area is 117 Å². The Morgan fingerprint density at radius 3 is 2.74 bits per heavy atom. The Balaban J connectivity index is 1.41. The van der Waals surface area contributed by atoms with Crippen molar-refractivity contribution < 1.29 is 0 Å². The number of aryl methyl sites for hydroxylation is 1. The molecular formula is C17H26N2. The van der Waals surface area contributed by atoms with Crippen molar-refractivity contribution in [1.82, 2.24) is 10.6 Å². The standard InChI is InChI=1S/C17H26N2/c1-13(11-19-17-8-9-17)18-12-14-6-7-15-4-2-3-5-16(15)10-14/h2-5,13-14,17-19H,6-12H2,1H3. The van der Waals surface area contributed by atoms with Gasteiger partial charge in [-0.25, -0.2) is 0 Å². The van der Waals surface area contributed by atoms with Crippen LogP contribution in [0.3, 0.4) is 0 Å². The molecule has 0 saturated heterocycles. The molecule has 2 aliphatic rings. The highest BCUT2D eigenvalue weighted by Crippen LogP contribution is 2.24. The van der Waals surface area contributed by atoms with Gasteiger partial charge < -0.3 is 10.6 Å². The van der Waals surface area contributed by atoms with E-state index in [1.54, 1.807) is 11.1 Å². The van der Waals surface area contributed by atoms with Gasteiger partial charge >= 0.3 is 0 Å². The molecule has 104 valence electrons. The van der Waals surface area contributed by atoms with Crippen molar-refractivity contribution >= 4 is 0 Å². The third kappa shape index (κ3) is 3.80. The summed E-state index contributed by atoms with van der Waals surface area (Å²) >= 11 is 0. The molecule has 1 aromatic rings. The zero-order valence-corrected chi connectivity index (χ0v) is 12.0. The van der Waals surface area contributed by atoms with E-state index in [2.05, 4.69) is 41.8 Å². The predicted octanol–water partition coefficient (Wildman–Crippen LogP) is 2.52. The van der Waals surface area contributed by atoms with Crippen LogP contribution in [0.25, 0.3) is 0 Å². The fraction of sp³-hybridized carbons (Fsp3) is 0.647. The van der Waals surface area contributed by atoms with E-state index in [0.717, 1.165) is 18.5 Å². The molecule has 1 aromatic carbocycles. The highest BCUT2D eigenvalue weighted by atomic mass is 15.0. The highest BCUT2D eigenvalue weighted by Gasteiger charge is 2.21. The fourth-order valence-corrected chi connectivity index (χ4v) is 3.02. The number of nitrogens with one attached hydrogen (secondary N) is 2. The van der Waals surface area contributed by atoms with Crippen LogP contribution in [0.15, 0.2) is 24.3 Å². The Morgan fingerprint density at radius 1 is 1.16 bits per heavy atom. The zero-order valence-electron chi connectivity index (χ0n) is 12.0. The van der Waals surface area contributed by atoms with Gasteiger partial charge in [0.1, 0.15) is 0 Å². The molecule has 2 unspecified atom stereocenters. The van der Waals surface area contributed by atoms with Crippen molar-refractivity contribution in [1.29, 1.82) is 0 Å². The first-order chi connectivity index (χ1) is 9.31. The van der Waals surface area contributed by atoms with Crippen LogP contribution >= 0.6 is 0 Å². The molecule has 0 aromatic heterocycles. The van der Waals surface area contributed by atoms with Gasteiger partial charge in [-0.2, -0.15) is 0 Å². The molecule has 1 saturated carbocycles. The van der Waals surface area contributed by atoms with Crippen molar-refractivity contribution in [2.24, 2.45) is 5.92 Å². The number of hydrogen-bond acceptors (Lipinski definition) is 2. The summed E-state index contributed by atoms with van der Waals surface area (Å²) in [6, 6.07) is 10.4. The summed E-state index contributed by atoms with van der Waals surface area (Å²) in [5, 5.41) is 7.30. The van der Waals surface area contributed by atoms with E-state index in [1.807, 2.05) is 0 Å². The number of benzene rings is 1. The Kier molecular flexibility index (Phi) is 4.19. The normalized spacial score (nSPS) is 23.9. The predicted molar refractivity (Wildman–Crippen MR) is 80.4 cm³/mol. The summed E-state index contributed by atoms with van der Waals surface area (Å²) in [6.07, 6.45) is 6.62. The molecule has 2 N–H and O–H groups in total. The molecule has 0 heterocycles. The zero-order chi connectivity index (χ0) is 13.1. The lowest BCUT2D eigenvalue weighted by molar-refractivity contribution is 0.391. The van der Waals surface area contributed by atoms with Crippen molar-refractivity contribution in [3.05, 3.63) is 35.4 Å². The topological polar surface area (TPSA) is 24.1 Å². The van der Waals surface area contributed by atoms with Gasteiger partial charge in [0.2, 0.25) is 0 Å². The second-order valence-electron chi connectivity index (χ2n) is 6.37. The summed E-state index contributed by atoms with van der Waals surface area (Å²) in [4.78, 5) is 0. The van der Waals surface area contributed by atoms with Crippen molar-refractivity contribution in [3.8, 4) is 0 Å². The molecule has 19 heavy (non-hydrogen) atoms.